The summed E-state index contributed by atoms with van der Waals surface area (Å²) in [5, 5.41) is 11.2. The summed E-state index contributed by atoms with van der Waals surface area (Å²) in [5.41, 5.74) is 0. The van der Waals surface area contributed by atoms with Crippen LogP contribution in [0.15, 0.2) is 24.3 Å². The van der Waals surface area contributed by atoms with Gasteiger partial charge >= 0.3 is 5.97 Å². The Morgan fingerprint density at radius 3 is 2.79 bits per heavy atom. The molecule has 1 aromatic carbocycles. The summed E-state index contributed by atoms with van der Waals surface area (Å²) in [7, 11) is 0. The maximum Gasteiger partial charge on any atom is 0.315 e. The van der Waals surface area contributed by atoms with Crippen LogP contribution in [0.2, 0.25) is 0 Å². The van der Waals surface area contributed by atoms with E-state index in [4.69, 9.17) is 14.6 Å². The topological polar surface area (TPSA) is 84.9 Å². The van der Waals surface area contributed by atoms with E-state index in [0.717, 1.165) is 0 Å². The van der Waals surface area contributed by atoms with Crippen molar-refractivity contribution in [2.24, 2.45) is 5.92 Å². The number of ether oxygens (including phenoxy) is 2. The number of carboxylic acid groups (broad SMARTS) is 1. The molecule has 2 rings (SSSR count). The van der Waals surface area contributed by atoms with Crippen molar-refractivity contribution in [3.05, 3.63) is 24.3 Å². The van der Waals surface area contributed by atoms with Gasteiger partial charge in [0.05, 0.1) is 6.54 Å². The fraction of sp³-hybridized carbons (Fsp3) is 0.385. The zero-order valence-electron chi connectivity index (χ0n) is 10.5. The third-order valence-corrected chi connectivity index (χ3v) is 2.84. The molecule has 0 aliphatic carbocycles. The Balaban J connectivity index is 1.86. The molecule has 6 heteroatoms. The molecule has 2 unspecified atom stereocenters. The second-order valence-corrected chi connectivity index (χ2v) is 4.30. The molecule has 1 aliphatic heterocycles. The molecule has 6 nitrogen and oxygen atoms in total. The molecule has 0 spiro atoms. The average molecular weight is 265 g/mol. The molecule has 0 radical (unpaired) electrons. The van der Waals surface area contributed by atoms with Crippen molar-refractivity contribution in [1.82, 2.24) is 5.32 Å². The predicted octanol–water partition coefficient (Wildman–Crippen LogP) is 0.663. The zero-order chi connectivity index (χ0) is 13.8. The number of carbonyl (C=O) groups is 2. The van der Waals surface area contributed by atoms with Crippen LogP contribution in [0.1, 0.15) is 6.92 Å². The monoisotopic (exact) mass is 265 g/mol. The molecular formula is C13H15NO5. The number of aliphatic carboxylic acids is 1. The van der Waals surface area contributed by atoms with Crippen LogP contribution >= 0.6 is 0 Å². The van der Waals surface area contributed by atoms with E-state index in [9.17, 15) is 9.59 Å². The van der Waals surface area contributed by atoms with Gasteiger partial charge in [-0.1, -0.05) is 12.1 Å². The summed E-state index contributed by atoms with van der Waals surface area (Å²) in [6.07, 6.45) is -0.320. The number of nitrogens with one attached hydrogen (secondary N) is 1. The summed E-state index contributed by atoms with van der Waals surface area (Å²) in [4.78, 5) is 22.1. The smallest absolute Gasteiger partial charge is 0.315 e. The quantitative estimate of drug-likeness (QED) is 0.781. The highest BCUT2D eigenvalue weighted by molar-refractivity contribution is 5.96. The van der Waals surface area contributed by atoms with E-state index >= 15 is 0 Å². The molecular weight excluding hydrogens is 250 g/mol. The van der Waals surface area contributed by atoms with Crippen molar-refractivity contribution in [1.29, 1.82) is 0 Å². The molecule has 19 heavy (non-hydrogen) atoms. The minimum atomic E-state index is -1.15. The lowest BCUT2D eigenvalue weighted by Crippen LogP contribution is -2.43. The maximum absolute atomic E-state index is 11.5. The number of carboxylic acids is 1. The first-order chi connectivity index (χ1) is 9.08. The van der Waals surface area contributed by atoms with E-state index in [-0.39, 0.29) is 12.6 Å². The second-order valence-electron chi connectivity index (χ2n) is 4.30. The van der Waals surface area contributed by atoms with Crippen LogP contribution in [-0.2, 0) is 9.59 Å². The highest BCUT2D eigenvalue weighted by atomic mass is 16.6. The SMILES string of the molecule is CC(C(=O)O)C(=O)NCC1COc2ccccc2O1. The fourth-order valence-electron chi connectivity index (χ4n) is 1.64. The molecule has 0 bridgehead atoms. The summed E-state index contributed by atoms with van der Waals surface area (Å²) in [6, 6.07) is 7.26. The van der Waals surface area contributed by atoms with Crippen LogP contribution in [-0.4, -0.2) is 36.2 Å². The van der Waals surface area contributed by atoms with Crippen LogP contribution in [0.4, 0.5) is 0 Å². The molecule has 2 N–H and O–H groups in total. The minimum absolute atomic E-state index is 0.213. The van der Waals surface area contributed by atoms with Gasteiger partial charge in [0.25, 0.3) is 0 Å². The zero-order valence-corrected chi connectivity index (χ0v) is 10.5. The van der Waals surface area contributed by atoms with E-state index in [0.29, 0.717) is 18.1 Å². The Morgan fingerprint density at radius 1 is 1.42 bits per heavy atom. The number of rotatable bonds is 4. The maximum atomic E-state index is 11.5. The predicted molar refractivity (Wildman–Crippen MR) is 66.2 cm³/mol. The number of hydrogen-bond acceptors (Lipinski definition) is 4. The molecule has 1 aromatic rings. The molecule has 0 saturated heterocycles. The summed E-state index contributed by atoms with van der Waals surface area (Å²) < 4.78 is 11.1. The first-order valence-corrected chi connectivity index (χ1v) is 5.97. The highest BCUT2D eigenvalue weighted by Gasteiger charge is 2.24. The highest BCUT2D eigenvalue weighted by Crippen LogP contribution is 2.30. The van der Waals surface area contributed by atoms with Crippen LogP contribution in [0, 0.1) is 5.92 Å². The molecule has 1 amide bonds. The second kappa shape index (κ2) is 5.60. The molecule has 102 valence electrons. The van der Waals surface area contributed by atoms with Gasteiger partial charge in [-0.15, -0.1) is 0 Å². The van der Waals surface area contributed by atoms with E-state index in [1.165, 1.54) is 6.92 Å². The normalized spacial score (nSPS) is 18.5. The number of carbonyl (C=O) groups excluding carboxylic acids is 1. The van der Waals surface area contributed by atoms with Gasteiger partial charge in [-0.3, -0.25) is 9.59 Å². The Labute approximate surface area is 110 Å². The lowest BCUT2D eigenvalue weighted by atomic mass is 10.1. The molecule has 0 aromatic heterocycles. The van der Waals surface area contributed by atoms with Crippen molar-refractivity contribution in [2.75, 3.05) is 13.2 Å². The van der Waals surface area contributed by atoms with Crippen molar-refractivity contribution < 1.29 is 24.2 Å². The standard InChI is InChI=1S/C13H15NO5/c1-8(13(16)17)12(15)14-6-9-7-18-10-4-2-3-5-11(10)19-9/h2-5,8-9H,6-7H2,1H3,(H,14,15)(H,16,17). The molecule has 0 saturated carbocycles. The first kappa shape index (κ1) is 13.2. The summed E-state index contributed by atoms with van der Waals surface area (Å²) in [6.45, 7) is 1.87. The number of benzene rings is 1. The number of hydrogen-bond donors (Lipinski definition) is 2. The first-order valence-electron chi connectivity index (χ1n) is 5.97. The van der Waals surface area contributed by atoms with Crippen molar-refractivity contribution in [3.63, 3.8) is 0 Å². The van der Waals surface area contributed by atoms with Crippen molar-refractivity contribution >= 4 is 11.9 Å². The van der Waals surface area contributed by atoms with E-state index < -0.39 is 17.8 Å². The van der Waals surface area contributed by atoms with Crippen LogP contribution in [0.3, 0.4) is 0 Å². The van der Waals surface area contributed by atoms with Crippen molar-refractivity contribution in [2.45, 2.75) is 13.0 Å². The van der Waals surface area contributed by atoms with Gasteiger partial charge in [-0.25, -0.2) is 0 Å². The fourth-order valence-corrected chi connectivity index (χ4v) is 1.64. The average Bonchev–Trinajstić information content (AvgIpc) is 2.43. The number of amides is 1. The Hall–Kier alpha value is -2.24. The molecule has 1 heterocycles. The van der Waals surface area contributed by atoms with Crippen LogP contribution in [0.25, 0.3) is 0 Å². The van der Waals surface area contributed by atoms with E-state index in [2.05, 4.69) is 5.32 Å². The van der Waals surface area contributed by atoms with Crippen LogP contribution < -0.4 is 14.8 Å². The van der Waals surface area contributed by atoms with E-state index in [1.807, 2.05) is 12.1 Å². The van der Waals surface area contributed by atoms with Gasteiger partial charge in [-0.05, 0) is 19.1 Å². The molecule has 1 aliphatic rings. The van der Waals surface area contributed by atoms with Gasteiger partial charge in [-0.2, -0.15) is 0 Å². The minimum Gasteiger partial charge on any atom is -0.486 e. The largest absolute Gasteiger partial charge is 0.486 e. The Kier molecular flexibility index (Phi) is 3.89. The molecule has 0 fully saturated rings. The third-order valence-electron chi connectivity index (χ3n) is 2.84. The van der Waals surface area contributed by atoms with Crippen LogP contribution in [0.5, 0.6) is 11.5 Å². The molecule has 2 atom stereocenters. The lowest BCUT2D eigenvalue weighted by Gasteiger charge is -2.26. The summed E-state index contributed by atoms with van der Waals surface area (Å²) in [5.74, 6) is -1.46. The van der Waals surface area contributed by atoms with Gasteiger partial charge in [0.1, 0.15) is 18.6 Å². The van der Waals surface area contributed by atoms with Gasteiger partial charge in [0, 0.05) is 0 Å². The van der Waals surface area contributed by atoms with Gasteiger partial charge < -0.3 is 19.9 Å². The third kappa shape index (κ3) is 3.15. The van der Waals surface area contributed by atoms with Crippen molar-refractivity contribution in [3.8, 4) is 11.5 Å². The number of para-hydroxylation sites is 2. The van der Waals surface area contributed by atoms with Gasteiger partial charge in [0.2, 0.25) is 5.91 Å². The lowest BCUT2D eigenvalue weighted by molar-refractivity contribution is -0.146. The Bertz CT molecular complexity index is 488. The Morgan fingerprint density at radius 2 is 2.11 bits per heavy atom. The van der Waals surface area contributed by atoms with E-state index in [1.54, 1.807) is 12.1 Å². The van der Waals surface area contributed by atoms with Gasteiger partial charge in [0.15, 0.2) is 11.5 Å². The number of fused-ring (bicyclic) bond motifs is 1. The summed E-state index contributed by atoms with van der Waals surface area (Å²) >= 11 is 0.